The van der Waals surface area contributed by atoms with Crippen molar-refractivity contribution in [2.75, 3.05) is 26.2 Å². The number of fused-ring (bicyclic) bond motifs is 1. The number of aromatic nitrogens is 3. The quantitative estimate of drug-likeness (QED) is 0.0400. The number of carbonyl (C=O) groups excluding carboxylic acids is 12. The molecule has 3 aromatic rings. The molecule has 5 aliphatic rings. The van der Waals surface area contributed by atoms with Crippen LogP contribution >= 0.6 is 0 Å². The van der Waals surface area contributed by atoms with E-state index in [0.717, 1.165) is 10.9 Å². The highest BCUT2D eigenvalue weighted by Crippen LogP contribution is 2.29. The van der Waals surface area contributed by atoms with Crippen molar-refractivity contribution in [2.24, 2.45) is 17.4 Å². The van der Waals surface area contributed by atoms with E-state index in [9.17, 15) is 67.4 Å². The zero-order chi connectivity index (χ0) is 61.9. The molecule has 0 radical (unpaired) electrons. The fourth-order valence-corrected chi connectivity index (χ4v) is 12.3. The molecule has 8 rings (SSSR count). The number of nitrogens with one attached hydrogen (secondary N) is 8. The van der Waals surface area contributed by atoms with Crippen molar-refractivity contribution in [3.8, 4) is 0 Å². The van der Waals surface area contributed by atoms with E-state index >= 15 is 0 Å². The van der Waals surface area contributed by atoms with Gasteiger partial charge in [0.1, 0.15) is 60.4 Å². The van der Waals surface area contributed by atoms with Gasteiger partial charge in [-0.3, -0.25) is 57.5 Å². The minimum atomic E-state index is -1.55. The number of imidazole rings is 1. The van der Waals surface area contributed by atoms with Crippen LogP contribution in [0.25, 0.3) is 10.9 Å². The first-order chi connectivity index (χ1) is 41.1. The van der Waals surface area contributed by atoms with Crippen molar-refractivity contribution >= 4 is 87.8 Å². The number of carboxylic acid groups (broad SMARTS) is 1. The number of hydrogen-bond acceptors (Lipinski definition) is 14. The highest BCUT2D eigenvalue weighted by Gasteiger charge is 2.47. The van der Waals surface area contributed by atoms with Crippen LogP contribution in [-0.4, -0.2) is 203 Å². The summed E-state index contributed by atoms with van der Waals surface area (Å²) in [6, 6.07) is -5.06. The van der Waals surface area contributed by atoms with Gasteiger partial charge in [0.2, 0.25) is 70.9 Å². The molecule has 0 saturated carbocycles. The zero-order valence-electron chi connectivity index (χ0n) is 48.2. The Morgan fingerprint density at radius 1 is 0.651 bits per heavy atom. The van der Waals surface area contributed by atoms with Crippen molar-refractivity contribution in [1.29, 1.82) is 0 Å². The van der Waals surface area contributed by atoms with Crippen LogP contribution in [0.5, 0.6) is 0 Å². The van der Waals surface area contributed by atoms with E-state index in [4.69, 9.17) is 11.5 Å². The molecule has 1 unspecified atom stereocenters. The number of amides is 12. The van der Waals surface area contributed by atoms with E-state index in [1.54, 1.807) is 26.1 Å². The molecule has 29 heteroatoms. The van der Waals surface area contributed by atoms with Gasteiger partial charge >= 0.3 is 5.97 Å². The summed E-state index contributed by atoms with van der Waals surface area (Å²) >= 11 is 0. The standard InChI is InChI=1S/C57H77N15O14/c1-3-30(2)47(56(84)71-22-8-14-42(71)55(83)72-23-9-15-43(72)57(85)86)68-49(77)36(16-18-44(58)73)64-51(79)40-12-6-21-70(40)54(82)39(25-32-28-60-29-62-32)67-52(80)41-13-7-20-69(41)53(81)38(24-31-27-61-34-11-5-4-10-33(31)34)66-50(78)37(26-45(59)74)65-48(76)35-17-19-46(75)63-35/h4-5,10-11,27-30,35-43,47,61H,3,6-9,12-26H2,1-2H3,(H2,58,73)(H2,59,74)(H,60,62)(H,63,75)(H,64,79)(H,65,76)(H,66,78)(H,67,80)(H,68,77)(H,85,86)/t30?,35-,36-,37-,38-,39-,40-,41-,42-,43-,47-/m0/s1. The Morgan fingerprint density at radius 2 is 1.22 bits per heavy atom. The van der Waals surface area contributed by atoms with Crippen molar-refractivity contribution in [2.45, 2.75) is 177 Å². The Labute approximate surface area is 494 Å². The SMILES string of the molecule is CCC(C)[C@H](NC(=O)[C@H](CCC(N)=O)NC(=O)[C@@H]1CCCN1C(=O)[C@H](Cc1cnc[nH]1)NC(=O)[C@@H]1CCCN1C(=O)[C@H](Cc1c[nH]c2ccccc12)NC(=O)[C@H](CC(N)=O)NC(=O)[C@@H]1CCC(=O)N1)C(=O)N1CCC[C@H]1C(=O)N1CCC[C@H]1C(=O)O. The summed E-state index contributed by atoms with van der Waals surface area (Å²) < 4.78 is 0. The maximum absolute atomic E-state index is 15.0. The van der Waals surface area contributed by atoms with Gasteiger partial charge in [-0.25, -0.2) is 9.78 Å². The average Bonchev–Trinajstić information content (AvgIpc) is 2.63. The Hall–Kier alpha value is -8.92. The van der Waals surface area contributed by atoms with Gasteiger partial charge in [0, 0.05) is 80.9 Å². The molecule has 29 nitrogen and oxygen atoms in total. The summed E-state index contributed by atoms with van der Waals surface area (Å²) in [5, 5.41) is 26.5. The van der Waals surface area contributed by atoms with Crippen molar-refractivity contribution in [3.63, 3.8) is 0 Å². The van der Waals surface area contributed by atoms with Crippen LogP contribution in [-0.2, 0) is 75.2 Å². The first-order valence-corrected chi connectivity index (χ1v) is 29.5. The van der Waals surface area contributed by atoms with Gasteiger partial charge in [-0.15, -0.1) is 0 Å². The lowest BCUT2D eigenvalue weighted by molar-refractivity contribution is -0.152. The molecule has 5 aliphatic heterocycles. The first kappa shape index (κ1) is 63.1. The first-order valence-electron chi connectivity index (χ1n) is 29.5. The summed E-state index contributed by atoms with van der Waals surface area (Å²) in [5.74, 6) is -10.2. The van der Waals surface area contributed by atoms with Crippen LogP contribution in [0.4, 0.5) is 0 Å². The van der Waals surface area contributed by atoms with Crippen LogP contribution in [0.2, 0.25) is 0 Å². The third-order valence-electron chi connectivity index (χ3n) is 17.1. The number of primary amides is 2. The monoisotopic (exact) mass is 1200 g/mol. The normalized spacial score (nSPS) is 22.3. The number of nitrogens with two attached hydrogens (primary N) is 2. The number of H-pyrrole nitrogens is 2. The lowest BCUT2D eigenvalue weighted by atomic mass is 9.96. The highest BCUT2D eigenvalue weighted by atomic mass is 16.4. The number of hydrogen-bond donors (Lipinski definition) is 11. The van der Waals surface area contributed by atoms with E-state index in [-0.39, 0.29) is 89.9 Å². The van der Waals surface area contributed by atoms with E-state index in [1.165, 1.54) is 32.1 Å². The summed E-state index contributed by atoms with van der Waals surface area (Å²) in [6.07, 6.45) is 6.01. The molecular formula is C57H77N15O14. The second-order valence-corrected chi connectivity index (χ2v) is 22.9. The van der Waals surface area contributed by atoms with Crippen LogP contribution in [0.1, 0.15) is 115 Å². The van der Waals surface area contributed by atoms with E-state index in [1.807, 2.05) is 18.2 Å². The molecule has 13 N–H and O–H groups in total. The van der Waals surface area contributed by atoms with Gasteiger partial charge in [0.05, 0.1) is 12.7 Å². The maximum Gasteiger partial charge on any atom is 0.326 e. The van der Waals surface area contributed by atoms with Gasteiger partial charge in [-0.05, 0) is 81.8 Å². The molecule has 86 heavy (non-hydrogen) atoms. The number of nitrogens with zero attached hydrogens (tertiary/aromatic N) is 5. The number of carbonyl (C=O) groups is 13. The molecule has 0 spiro atoms. The topological polar surface area (TPSA) is 424 Å². The summed E-state index contributed by atoms with van der Waals surface area (Å²) in [5.41, 5.74) is 12.8. The summed E-state index contributed by atoms with van der Waals surface area (Å²) in [7, 11) is 0. The number of aromatic amines is 2. The fraction of sp³-hybridized carbons (Fsp3) is 0.579. The molecule has 464 valence electrons. The van der Waals surface area contributed by atoms with Crippen LogP contribution in [0.3, 0.4) is 0 Å². The van der Waals surface area contributed by atoms with Gasteiger partial charge in [0.15, 0.2) is 0 Å². The summed E-state index contributed by atoms with van der Waals surface area (Å²) in [4.78, 5) is 193. The lowest BCUT2D eigenvalue weighted by Gasteiger charge is -2.34. The number of likely N-dealkylation sites (tertiary alicyclic amines) is 4. The third kappa shape index (κ3) is 14.9. The Kier molecular flexibility index (Phi) is 20.8. The van der Waals surface area contributed by atoms with Crippen molar-refractivity contribution in [3.05, 3.63) is 54.2 Å². The van der Waals surface area contributed by atoms with E-state index in [2.05, 4.69) is 46.9 Å². The fourth-order valence-electron chi connectivity index (χ4n) is 12.3. The molecule has 11 atom stereocenters. The van der Waals surface area contributed by atoms with Crippen LogP contribution in [0, 0.1) is 5.92 Å². The molecule has 12 amide bonds. The Morgan fingerprint density at radius 3 is 1.80 bits per heavy atom. The van der Waals surface area contributed by atoms with Gasteiger partial charge in [-0.1, -0.05) is 38.5 Å². The van der Waals surface area contributed by atoms with Gasteiger partial charge < -0.3 is 78.0 Å². The predicted octanol–water partition coefficient (Wildman–Crippen LogP) is -2.39. The second-order valence-electron chi connectivity index (χ2n) is 22.9. The third-order valence-corrected chi connectivity index (χ3v) is 17.1. The Balaban J connectivity index is 0.980. The highest BCUT2D eigenvalue weighted by molar-refractivity contribution is 6.01. The van der Waals surface area contributed by atoms with Crippen LogP contribution in [0.15, 0.2) is 43.0 Å². The number of aliphatic carboxylic acids is 1. The number of carboxylic acids is 1. The molecule has 0 bridgehead atoms. The van der Waals surface area contributed by atoms with Gasteiger partial charge in [-0.2, -0.15) is 0 Å². The zero-order valence-corrected chi connectivity index (χ0v) is 48.2. The minimum Gasteiger partial charge on any atom is -0.480 e. The Bertz CT molecular complexity index is 3080. The molecule has 7 heterocycles. The number of para-hydroxylation sites is 1. The van der Waals surface area contributed by atoms with E-state index in [0.29, 0.717) is 49.8 Å². The smallest absolute Gasteiger partial charge is 0.326 e. The minimum absolute atomic E-state index is 0.0467. The van der Waals surface area contributed by atoms with Gasteiger partial charge in [0.25, 0.3) is 0 Å². The van der Waals surface area contributed by atoms with E-state index < -0.39 is 144 Å². The molecule has 0 aliphatic carbocycles. The second kappa shape index (κ2) is 28.3. The van der Waals surface area contributed by atoms with Crippen molar-refractivity contribution in [1.82, 2.24) is 66.5 Å². The van der Waals surface area contributed by atoms with Crippen LogP contribution < -0.4 is 43.4 Å². The molecule has 2 aromatic heterocycles. The molecule has 5 fully saturated rings. The molecular weight excluding hydrogens is 1120 g/mol. The lowest BCUT2D eigenvalue weighted by Crippen LogP contribution is -2.61. The predicted molar refractivity (Wildman–Crippen MR) is 303 cm³/mol. The maximum atomic E-state index is 15.0. The number of benzene rings is 1. The summed E-state index contributed by atoms with van der Waals surface area (Å²) in [6.45, 7) is 4.04. The number of rotatable bonds is 26. The largest absolute Gasteiger partial charge is 0.480 e. The average molecular weight is 1200 g/mol. The van der Waals surface area contributed by atoms with Crippen molar-refractivity contribution < 1.29 is 67.4 Å². The molecule has 1 aromatic carbocycles. The molecule has 5 saturated heterocycles.